The van der Waals surface area contributed by atoms with Crippen LogP contribution in [0.3, 0.4) is 0 Å². The molecule has 0 spiro atoms. The van der Waals surface area contributed by atoms with Crippen molar-refractivity contribution in [3.8, 4) is 5.75 Å². The van der Waals surface area contributed by atoms with Gasteiger partial charge in [-0.2, -0.15) is 13.2 Å². The summed E-state index contributed by atoms with van der Waals surface area (Å²) in [5.41, 5.74) is -1.33. The van der Waals surface area contributed by atoms with Gasteiger partial charge in [-0.15, -0.1) is 0 Å². The highest BCUT2D eigenvalue weighted by molar-refractivity contribution is 7.92. The molecule has 1 fully saturated rings. The van der Waals surface area contributed by atoms with Crippen molar-refractivity contribution in [2.45, 2.75) is 54.8 Å². The first kappa shape index (κ1) is 23.0. The van der Waals surface area contributed by atoms with Crippen molar-refractivity contribution in [3.05, 3.63) is 59.2 Å². The number of benzene rings is 2. The SMILES string of the molecule is CCC[C@@H]1CC[C@@]2(S(=O)(=O)c3ccc(C(F)(F)F)cc3)c3c(F)ccc(F)c3OC[C@H]2C1. The molecule has 0 unspecified atom stereocenters. The number of fused-ring (bicyclic) bond motifs is 3. The zero-order valence-electron chi connectivity index (χ0n) is 17.4. The first-order valence-corrected chi connectivity index (χ1v) is 12.0. The molecule has 3 nitrogen and oxygen atoms in total. The van der Waals surface area contributed by atoms with E-state index in [0.29, 0.717) is 25.0 Å². The highest BCUT2D eigenvalue weighted by Gasteiger charge is 2.59. The van der Waals surface area contributed by atoms with Crippen LogP contribution in [0.15, 0.2) is 41.3 Å². The van der Waals surface area contributed by atoms with Crippen molar-refractivity contribution in [1.82, 2.24) is 0 Å². The van der Waals surface area contributed by atoms with Crippen molar-refractivity contribution in [2.75, 3.05) is 6.61 Å². The zero-order chi connectivity index (χ0) is 23.3. The monoisotopic (exact) mass is 474 g/mol. The van der Waals surface area contributed by atoms with E-state index in [1.165, 1.54) is 0 Å². The molecule has 174 valence electrons. The first-order valence-electron chi connectivity index (χ1n) is 10.6. The third-order valence-corrected chi connectivity index (χ3v) is 9.37. The lowest BCUT2D eigenvalue weighted by molar-refractivity contribution is -0.137. The number of hydrogen-bond donors (Lipinski definition) is 0. The molecular weight excluding hydrogens is 451 g/mol. The zero-order valence-corrected chi connectivity index (χ0v) is 18.2. The van der Waals surface area contributed by atoms with E-state index < -0.39 is 49.6 Å². The lowest BCUT2D eigenvalue weighted by Gasteiger charge is -2.49. The van der Waals surface area contributed by atoms with Gasteiger partial charge in [0.25, 0.3) is 0 Å². The quantitative estimate of drug-likeness (QED) is 0.491. The largest absolute Gasteiger partial charge is 0.490 e. The van der Waals surface area contributed by atoms with Crippen LogP contribution in [-0.4, -0.2) is 15.0 Å². The topological polar surface area (TPSA) is 43.4 Å². The number of sulfone groups is 1. The maximum absolute atomic E-state index is 15.1. The van der Waals surface area contributed by atoms with E-state index >= 15 is 4.39 Å². The van der Waals surface area contributed by atoms with Crippen molar-refractivity contribution in [3.63, 3.8) is 0 Å². The Balaban J connectivity index is 1.91. The van der Waals surface area contributed by atoms with Crippen LogP contribution in [0.25, 0.3) is 0 Å². The Morgan fingerprint density at radius 3 is 2.34 bits per heavy atom. The molecule has 4 rings (SSSR count). The summed E-state index contributed by atoms with van der Waals surface area (Å²) in [5, 5.41) is 0. The summed E-state index contributed by atoms with van der Waals surface area (Å²) >= 11 is 0. The fourth-order valence-electron chi connectivity index (χ4n) is 5.31. The van der Waals surface area contributed by atoms with E-state index in [4.69, 9.17) is 4.74 Å². The third kappa shape index (κ3) is 3.49. The Labute approximate surface area is 183 Å². The second-order valence-corrected chi connectivity index (χ2v) is 10.8. The van der Waals surface area contributed by atoms with Gasteiger partial charge in [-0.05, 0) is 61.6 Å². The molecule has 1 heterocycles. The molecular formula is C23H23F5O3S. The molecule has 0 aromatic heterocycles. The molecule has 0 amide bonds. The van der Waals surface area contributed by atoms with Crippen molar-refractivity contribution in [1.29, 1.82) is 0 Å². The van der Waals surface area contributed by atoms with E-state index in [0.717, 1.165) is 37.1 Å². The fraction of sp³-hybridized carbons (Fsp3) is 0.478. The molecule has 32 heavy (non-hydrogen) atoms. The van der Waals surface area contributed by atoms with Gasteiger partial charge in [0.15, 0.2) is 21.4 Å². The Morgan fingerprint density at radius 2 is 1.72 bits per heavy atom. The molecule has 0 saturated heterocycles. The van der Waals surface area contributed by atoms with Gasteiger partial charge in [-0.3, -0.25) is 0 Å². The van der Waals surface area contributed by atoms with Gasteiger partial charge in [-0.1, -0.05) is 19.8 Å². The molecule has 0 radical (unpaired) electrons. The number of alkyl halides is 3. The minimum atomic E-state index is -4.62. The lowest BCUT2D eigenvalue weighted by Crippen LogP contribution is -2.52. The molecule has 3 atom stereocenters. The molecule has 2 aliphatic rings. The van der Waals surface area contributed by atoms with Gasteiger partial charge in [-0.25, -0.2) is 17.2 Å². The van der Waals surface area contributed by atoms with Crippen LogP contribution < -0.4 is 4.74 Å². The third-order valence-electron chi connectivity index (χ3n) is 6.78. The standard InChI is InChI=1S/C23H23F5O3S/c1-2-3-14-10-11-22(32(29,30)17-6-4-15(5-7-17)23(26,27)28)16(12-14)13-31-21-19(25)9-8-18(24)20(21)22/h4-9,14,16H,2-3,10-13H2,1H3/t14-,16-,22+/m1/s1. The second kappa shape index (κ2) is 8.01. The Kier molecular flexibility index (Phi) is 5.76. The minimum absolute atomic E-state index is 0.0441. The molecule has 1 saturated carbocycles. The number of rotatable bonds is 4. The maximum Gasteiger partial charge on any atom is 0.416 e. The summed E-state index contributed by atoms with van der Waals surface area (Å²) in [6, 6.07) is 4.95. The van der Waals surface area contributed by atoms with Gasteiger partial charge in [0.1, 0.15) is 10.6 Å². The molecule has 9 heteroatoms. The Morgan fingerprint density at radius 1 is 1.06 bits per heavy atom. The number of hydrogen-bond acceptors (Lipinski definition) is 3. The second-order valence-electron chi connectivity index (χ2n) is 8.59. The van der Waals surface area contributed by atoms with E-state index in [-0.39, 0.29) is 29.4 Å². The smallest absolute Gasteiger partial charge is 0.416 e. The summed E-state index contributed by atoms with van der Waals surface area (Å²) in [6.45, 7) is 1.91. The van der Waals surface area contributed by atoms with Gasteiger partial charge < -0.3 is 4.74 Å². The Hall–Kier alpha value is -2.16. The van der Waals surface area contributed by atoms with Crippen molar-refractivity contribution in [2.24, 2.45) is 11.8 Å². The van der Waals surface area contributed by atoms with Crippen molar-refractivity contribution >= 4 is 9.84 Å². The van der Waals surface area contributed by atoms with E-state index in [1.807, 2.05) is 6.92 Å². The highest BCUT2D eigenvalue weighted by Crippen LogP contribution is 2.57. The van der Waals surface area contributed by atoms with Crippen LogP contribution in [0.2, 0.25) is 0 Å². The van der Waals surface area contributed by atoms with E-state index in [9.17, 15) is 26.0 Å². The first-order chi connectivity index (χ1) is 15.0. The van der Waals surface area contributed by atoms with Crippen LogP contribution in [0.4, 0.5) is 22.0 Å². The van der Waals surface area contributed by atoms with Crippen molar-refractivity contribution < 1.29 is 35.1 Å². The predicted molar refractivity (Wildman–Crippen MR) is 108 cm³/mol. The van der Waals surface area contributed by atoms with Crippen LogP contribution in [0.5, 0.6) is 5.75 Å². The normalized spacial score (nSPS) is 25.6. The van der Waals surface area contributed by atoms with E-state index in [2.05, 4.69) is 0 Å². The predicted octanol–water partition coefficient (Wildman–Crippen LogP) is 6.26. The number of ether oxygens (including phenoxy) is 1. The van der Waals surface area contributed by atoms with Crippen LogP contribution in [-0.2, 0) is 20.8 Å². The Bertz CT molecular complexity index is 1110. The van der Waals surface area contributed by atoms with Crippen LogP contribution in [0.1, 0.15) is 50.2 Å². The number of halogens is 5. The van der Waals surface area contributed by atoms with Gasteiger partial charge in [0.2, 0.25) is 0 Å². The van der Waals surface area contributed by atoms with Crippen LogP contribution >= 0.6 is 0 Å². The summed E-state index contributed by atoms with van der Waals surface area (Å²) < 4.78 is 100. The molecule has 2 aromatic carbocycles. The van der Waals surface area contributed by atoms with E-state index in [1.54, 1.807) is 0 Å². The molecule has 2 aromatic rings. The lowest BCUT2D eigenvalue weighted by atomic mass is 9.68. The van der Waals surface area contributed by atoms with Gasteiger partial charge in [0.05, 0.1) is 22.6 Å². The van der Waals surface area contributed by atoms with Gasteiger partial charge in [0, 0.05) is 5.92 Å². The molecule has 0 N–H and O–H groups in total. The molecule has 1 aliphatic carbocycles. The molecule has 1 aliphatic heterocycles. The average molecular weight is 474 g/mol. The molecule has 0 bridgehead atoms. The summed E-state index contributed by atoms with van der Waals surface area (Å²) in [4.78, 5) is -0.346. The fourth-order valence-corrected chi connectivity index (χ4v) is 7.67. The summed E-state index contributed by atoms with van der Waals surface area (Å²) in [5.74, 6) is -2.62. The van der Waals surface area contributed by atoms with Gasteiger partial charge >= 0.3 is 6.18 Å². The maximum atomic E-state index is 15.1. The summed E-state index contributed by atoms with van der Waals surface area (Å²) in [7, 11) is -4.39. The minimum Gasteiger partial charge on any atom is -0.490 e. The highest BCUT2D eigenvalue weighted by atomic mass is 32.2. The summed E-state index contributed by atoms with van der Waals surface area (Å²) in [6.07, 6.45) is -1.88. The van der Waals surface area contributed by atoms with Crippen LogP contribution in [0, 0.1) is 23.5 Å². The average Bonchev–Trinajstić information content (AvgIpc) is 2.75.